The van der Waals surface area contributed by atoms with Crippen LogP contribution in [0, 0.1) is 0 Å². The van der Waals surface area contributed by atoms with Gasteiger partial charge in [0, 0.05) is 57.8 Å². The first-order valence-electron chi connectivity index (χ1n) is 9.64. The average Bonchev–Trinajstić information content (AvgIpc) is 2.69. The Hall–Kier alpha value is -2.41. The number of amides is 3. The van der Waals surface area contributed by atoms with Crippen LogP contribution < -0.4 is 5.32 Å². The van der Waals surface area contributed by atoms with Crippen LogP contribution in [0.3, 0.4) is 0 Å². The molecule has 1 aromatic carbocycles. The van der Waals surface area contributed by atoms with Crippen molar-refractivity contribution in [3.63, 3.8) is 0 Å². The van der Waals surface area contributed by atoms with Gasteiger partial charge in [0.05, 0.1) is 6.54 Å². The molecule has 7 heteroatoms. The third kappa shape index (κ3) is 5.29. The number of nitrogens with one attached hydrogen (secondary N) is 1. The first-order valence-corrected chi connectivity index (χ1v) is 9.64. The molecule has 27 heavy (non-hydrogen) atoms. The predicted molar refractivity (Wildman–Crippen MR) is 102 cm³/mol. The van der Waals surface area contributed by atoms with Crippen molar-refractivity contribution in [2.24, 2.45) is 0 Å². The van der Waals surface area contributed by atoms with Gasteiger partial charge in [0.15, 0.2) is 0 Å². The second kappa shape index (κ2) is 8.99. The van der Waals surface area contributed by atoms with Crippen LogP contribution in [0.5, 0.6) is 0 Å². The van der Waals surface area contributed by atoms with Crippen molar-refractivity contribution < 1.29 is 14.4 Å². The van der Waals surface area contributed by atoms with Gasteiger partial charge in [-0.15, -0.1) is 0 Å². The third-order valence-electron chi connectivity index (χ3n) is 5.35. The Balaban J connectivity index is 1.38. The van der Waals surface area contributed by atoms with E-state index in [1.165, 1.54) is 0 Å². The Labute approximate surface area is 160 Å². The van der Waals surface area contributed by atoms with Gasteiger partial charge in [-0.25, -0.2) is 0 Å². The van der Waals surface area contributed by atoms with Crippen LogP contribution in [-0.4, -0.2) is 84.3 Å². The van der Waals surface area contributed by atoms with Crippen molar-refractivity contribution in [3.05, 3.63) is 35.9 Å². The molecule has 0 aromatic heterocycles. The maximum absolute atomic E-state index is 12.5. The minimum atomic E-state index is 0.0270. The third-order valence-corrected chi connectivity index (χ3v) is 5.35. The van der Waals surface area contributed by atoms with Crippen LogP contribution in [0.2, 0.25) is 0 Å². The van der Waals surface area contributed by atoms with Crippen LogP contribution in [0.15, 0.2) is 30.3 Å². The number of piperazine rings is 1. The molecule has 3 amide bonds. The molecular formula is C20H28N4O3. The molecular weight excluding hydrogens is 344 g/mol. The Morgan fingerprint density at radius 1 is 0.926 bits per heavy atom. The van der Waals surface area contributed by atoms with E-state index < -0.39 is 0 Å². The van der Waals surface area contributed by atoms with E-state index in [1.807, 2.05) is 40.1 Å². The van der Waals surface area contributed by atoms with E-state index in [4.69, 9.17) is 0 Å². The van der Waals surface area contributed by atoms with Crippen molar-refractivity contribution in [3.8, 4) is 0 Å². The molecule has 2 aliphatic heterocycles. The van der Waals surface area contributed by atoms with Crippen molar-refractivity contribution in [2.75, 3.05) is 45.8 Å². The van der Waals surface area contributed by atoms with Gasteiger partial charge in [-0.05, 0) is 25.0 Å². The van der Waals surface area contributed by atoms with Gasteiger partial charge < -0.3 is 15.1 Å². The first-order chi connectivity index (χ1) is 13.0. The van der Waals surface area contributed by atoms with Gasteiger partial charge in [0.25, 0.3) is 5.91 Å². The summed E-state index contributed by atoms with van der Waals surface area (Å²) < 4.78 is 0. The van der Waals surface area contributed by atoms with E-state index in [-0.39, 0.29) is 23.8 Å². The normalized spacial score (nSPS) is 19.0. The zero-order valence-corrected chi connectivity index (χ0v) is 15.9. The van der Waals surface area contributed by atoms with Gasteiger partial charge in [-0.3, -0.25) is 19.3 Å². The molecule has 0 unspecified atom stereocenters. The number of benzene rings is 1. The first kappa shape index (κ1) is 19.4. The van der Waals surface area contributed by atoms with Gasteiger partial charge in [-0.1, -0.05) is 18.2 Å². The molecule has 2 aliphatic rings. The van der Waals surface area contributed by atoms with Crippen molar-refractivity contribution in [1.29, 1.82) is 0 Å². The van der Waals surface area contributed by atoms with E-state index in [0.717, 1.165) is 12.8 Å². The van der Waals surface area contributed by atoms with Crippen LogP contribution in [0.25, 0.3) is 0 Å². The van der Waals surface area contributed by atoms with E-state index in [0.29, 0.717) is 51.4 Å². The maximum Gasteiger partial charge on any atom is 0.253 e. The Bertz CT molecular complexity index is 663. The molecule has 2 saturated heterocycles. The zero-order valence-electron chi connectivity index (χ0n) is 15.9. The number of nitrogens with zero attached hydrogens (tertiary/aromatic N) is 3. The Morgan fingerprint density at radius 2 is 1.56 bits per heavy atom. The van der Waals surface area contributed by atoms with Crippen LogP contribution in [0.4, 0.5) is 0 Å². The molecule has 0 radical (unpaired) electrons. The minimum absolute atomic E-state index is 0.0270. The summed E-state index contributed by atoms with van der Waals surface area (Å²) in [6.07, 6.45) is 1.62. The molecule has 1 N–H and O–H groups in total. The lowest BCUT2D eigenvalue weighted by molar-refractivity contribution is -0.130. The number of likely N-dealkylation sites (tertiary alicyclic amines) is 1. The molecule has 0 spiro atoms. The van der Waals surface area contributed by atoms with E-state index in [2.05, 4.69) is 10.2 Å². The molecule has 3 rings (SSSR count). The summed E-state index contributed by atoms with van der Waals surface area (Å²) in [7, 11) is 0. The summed E-state index contributed by atoms with van der Waals surface area (Å²) >= 11 is 0. The molecule has 0 aliphatic carbocycles. The molecule has 2 heterocycles. The van der Waals surface area contributed by atoms with E-state index in [9.17, 15) is 14.4 Å². The highest BCUT2D eigenvalue weighted by atomic mass is 16.2. The smallest absolute Gasteiger partial charge is 0.253 e. The van der Waals surface area contributed by atoms with Crippen LogP contribution >= 0.6 is 0 Å². The van der Waals surface area contributed by atoms with Crippen molar-refractivity contribution in [2.45, 2.75) is 25.8 Å². The largest absolute Gasteiger partial charge is 0.352 e. The summed E-state index contributed by atoms with van der Waals surface area (Å²) in [5.74, 6) is 0.179. The Morgan fingerprint density at radius 3 is 2.15 bits per heavy atom. The van der Waals surface area contributed by atoms with Crippen molar-refractivity contribution in [1.82, 2.24) is 20.0 Å². The summed E-state index contributed by atoms with van der Waals surface area (Å²) in [5.41, 5.74) is 0.709. The second-order valence-corrected chi connectivity index (χ2v) is 7.28. The molecule has 0 atom stereocenters. The lowest BCUT2D eigenvalue weighted by Gasteiger charge is -2.35. The maximum atomic E-state index is 12.5. The molecule has 0 bridgehead atoms. The predicted octanol–water partition coefficient (Wildman–Crippen LogP) is 0.572. The number of carbonyl (C=O) groups excluding carboxylic acids is 3. The molecule has 146 valence electrons. The monoisotopic (exact) mass is 372 g/mol. The lowest BCUT2D eigenvalue weighted by atomic mass is 10.1. The molecule has 0 saturated carbocycles. The van der Waals surface area contributed by atoms with E-state index in [1.54, 1.807) is 6.92 Å². The highest BCUT2D eigenvalue weighted by Crippen LogP contribution is 2.11. The number of piperidine rings is 1. The highest BCUT2D eigenvalue weighted by Gasteiger charge is 2.25. The summed E-state index contributed by atoms with van der Waals surface area (Å²) in [6.45, 7) is 6.04. The van der Waals surface area contributed by atoms with Crippen molar-refractivity contribution >= 4 is 17.7 Å². The highest BCUT2D eigenvalue weighted by molar-refractivity contribution is 5.94. The topological polar surface area (TPSA) is 73.0 Å². The average molecular weight is 372 g/mol. The fourth-order valence-corrected chi connectivity index (χ4v) is 3.69. The fourth-order valence-electron chi connectivity index (χ4n) is 3.69. The van der Waals surface area contributed by atoms with Gasteiger partial charge in [0.1, 0.15) is 0 Å². The van der Waals surface area contributed by atoms with E-state index >= 15 is 0 Å². The second-order valence-electron chi connectivity index (χ2n) is 7.28. The molecule has 1 aromatic rings. The SMILES string of the molecule is CC(=O)N1CCC(NC(=O)CN2CCN(C(=O)c3ccccc3)CC2)CC1. The number of hydrogen-bond acceptors (Lipinski definition) is 4. The Kier molecular flexibility index (Phi) is 6.45. The van der Waals surface area contributed by atoms with Gasteiger partial charge in [0.2, 0.25) is 11.8 Å². The zero-order chi connectivity index (χ0) is 19.2. The summed E-state index contributed by atoms with van der Waals surface area (Å²) in [5, 5.41) is 3.09. The molecule has 2 fully saturated rings. The quantitative estimate of drug-likeness (QED) is 0.839. The van der Waals surface area contributed by atoms with Crippen LogP contribution in [0.1, 0.15) is 30.1 Å². The number of rotatable bonds is 4. The van der Waals surface area contributed by atoms with Gasteiger partial charge in [-0.2, -0.15) is 0 Å². The fraction of sp³-hybridized carbons (Fsp3) is 0.550. The van der Waals surface area contributed by atoms with Gasteiger partial charge >= 0.3 is 0 Å². The lowest BCUT2D eigenvalue weighted by Crippen LogP contribution is -2.53. The number of carbonyl (C=O) groups is 3. The summed E-state index contributed by atoms with van der Waals surface area (Å²) in [6, 6.07) is 9.45. The van der Waals surface area contributed by atoms with Crippen LogP contribution in [-0.2, 0) is 9.59 Å². The standard InChI is InChI=1S/C20H28N4O3/c1-16(25)23-9-7-18(8-10-23)21-19(26)15-22-11-13-24(14-12-22)20(27)17-5-3-2-4-6-17/h2-6,18H,7-15H2,1H3,(H,21,26). The molecule has 7 nitrogen and oxygen atoms in total. The number of hydrogen-bond donors (Lipinski definition) is 1. The minimum Gasteiger partial charge on any atom is -0.352 e. The summed E-state index contributed by atoms with van der Waals surface area (Å²) in [4.78, 5) is 41.9.